The van der Waals surface area contributed by atoms with Gasteiger partial charge in [-0.05, 0) is 24.3 Å². The van der Waals surface area contributed by atoms with E-state index >= 15 is 0 Å². The van der Waals surface area contributed by atoms with Crippen LogP contribution in [0.25, 0.3) is 0 Å². The molecule has 3 nitrogen and oxygen atoms in total. The van der Waals surface area contributed by atoms with E-state index in [9.17, 15) is 9.18 Å². The number of ether oxygens (including phenoxy) is 1. The van der Waals surface area contributed by atoms with Crippen molar-refractivity contribution < 1.29 is 13.9 Å². The summed E-state index contributed by atoms with van der Waals surface area (Å²) < 4.78 is 17.9. The molecule has 0 bridgehead atoms. The number of halogens is 1. The summed E-state index contributed by atoms with van der Waals surface area (Å²) in [6.45, 7) is 0. The van der Waals surface area contributed by atoms with Gasteiger partial charge in [-0.1, -0.05) is 12.1 Å². The maximum absolute atomic E-state index is 12.8. The van der Waals surface area contributed by atoms with E-state index in [0.29, 0.717) is 16.3 Å². The lowest BCUT2D eigenvalue weighted by Gasteiger charge is -2.08. The van der Waals surface area contributed by atoms with Gasteiger partial charge in [0.15, 0.2) is 5.13 Å². The SMILES string of the molecule is COc1ccccc1NC(=O)c1ccc(F)s1. The molecule has 2 rings (SSSR count). The summed E-state index contributed by atoms with van der Waals surface area (Å²) in [5, 5.41) is 2.29. The van der Waals surface area contributed by atoms with E-state index in [4.69, 9.17) is 4.74 Å². The molecule has 0 fully saturated rings. The number of hydrogen-bond donors (Lipinski definition) is 1. The molecule has 1 heterocycles. The molecule has 2 aromatic rings. The lowest BCUT2D eigenvalue weighted by molar-refractivity contribution is 0.103. The number of methoxy groups -OCH3 is 1. The molecule has 88 valence electrons. The number of benzene rings is 1. The monoisotopic (exact) mass is 251 g/mol. The van der Waals surface area contributed by atoms with Crippen LogP contribution in [0.3, 0.4) is 0 Å². The summed E-state index contributed by atoms with van der Waals surface area (Å²) in [5.41, 5.74) is 0.564. The van der Waals surface area contributed by atoms with Crippen molar-refractivity contribution in [3.05, 3.63) is 46.4 Å². The summed E-state index contributed by atoms with van der Waals surface area (Å²) in [7, 11) is 1.52. The van der Waals surface area contributed by atoms with Crippen molar-refractivity contribution >= 4 is 22.9 Å². The van der Waals surface area contributed by atoms with Crippen molar-refractivity contribution in [3.8, 4) is 5.75 Å². The van der Waals surface area contributed by atoms with Crippen molar-refractivity contribution in [1.82, 2.24) is 0 Å². The molecular weight excluding hydrogens is 241 g/mol. The molecule has 0 atom stereocenters. The fourth-order valence-electron chi connectivity index (χ4n) is 1.37. The average Bonchev–Trinajstić information content (AvgIpc) is 2.77. The van der Waals surface area contributed by atoms with E-state index in [-0.39, 0.29) is 11.0 Å². The maximum Gasteiger partial charge on any atom is 0.265 e. The van der Waals surface area contributed by atoms with Crippen LogP contribution in [0.2, 0.25) is 0 Å². The zero-order chi connectivity index (χ0) is 12.3. The van der Waals surface area contributed by atoms with Crippen LogP contribution in [0.5, 0.6) is 5.75 Å². The van der Waals surface area contributed by atoms with Gasteiger partial charge >= 0.3 is 0 Å². The van der Waals surface area contributed by atoms with Gasteiger partial charge < -0.3 is 10.1 Å². The molecule has 0 aliphatic carbocycles. The molecule has 0 spiro atoms. The summed E-state index contributed by atoms with van der Waals surface area (Å²) in [6, 6.07) is 9.77. The Bertz CT molecular complexity index is 539. The van der Waals surface area contributed by atoms with E-state index in [1.807, 2.05) is 0 Å². The number of anilines is 1. The molecule has 1 amide bonds. The van der Waals surface area contributed by atoms with Crippen LogP contribution in [0.15, 0.2) is 36.4 Å². The Balaban J connectivity index is 2.18. The Morgan fingerprint density at radius 1 is 1.29 bits per heavy atom. The van der Waals surface area contributed by atoms with E-state index in [1.54, 1.807) is 24.3 Å². The molecule has 0 saturated carbocycles. The molecule has 0 saturated heterocycles. The van der Waals surface area contributed by atoms with Crippen LogP contribution in [0, 0.1) is 5.13 Å². The largest absolute Gasteiger partial charge is 0.495 e. The maximum atomic E-state index is 12.8. The molecule has 0 unspecified atom stereocenters. The highest BCUT2D eigenvalue weighted by Gasteiger charge is 2.11. The fourth-order valence-corrected chi connectivity index (χ4v) is 1.99. The van der Waals surface area contributed by atoms with Gasteiger partial charge in [0.25, 0.3) is 5.91 Å². The lowest BCUT2D eigenvalue weighted by Crippen LogP contribution is -2.10. The van der Waals surface area contributed by atoms with Crippen LogP contribution >= 0.6 is 11.3 Å². The van der Waals surface area contributed by atoms with Crippen molar-refractivity contribution in [1.29, 1.82) is 0 Å². The van der Waals surface area contributed by atoms with Crippen molar-refractivity contribution in [2.24, 2.45) is 0 Å². The van der Waals surface area contributed by atoms with Gasteiger partial charge in [-0.3, -0.25) is 4.79 Å². The molecular formula is C12H10FNO2S. The topological polar surface area (TPSA) is 38.3 Å². The minimum atomic E-state index is -0.379. The zero-order valence-electron chi connectivity index (χ0n) is 9.07. The van der Waals surface area contributed by atoms with E-state index < -0.39 is 0 Å². The van der Waals surface area contributed by atoms with Crippen molar-refractivity contribution in [2.45, 2.75) is 0 Å². The molecule has 1 aromatic heterocycles. The van der Waals surface area contributed by atoms with Crippen molar-refractivity contribution in [3.63, 3.8) is 0 Å². The second-order valence-electron chi connectivity index (χ2n) is 3.26. The second kappa shape index (κ2) is 4.97. The predicted molar refractivity (Wildman–Crippen MR) is 65.2 cm³/mol. The Kier molecular flexibility index (Phi) is 3.39. The van der Waals surface area contributed by atoms with Gasteiger partial charge in [-0.25, -0.2) is 0 Å². The Labute approximate surface area is 102 Å². The standard InChI is InChI=1S/C12H10FNO2S/c1-16-9-5-3-2-4-8(9)14-12(15)10-6-7-11(13)17-10/h2-7H,1H3,(H,14,15). The molecule has 17 heavy (non-hydrogen) atoms. The minimum Gasteiger partial charge on any atom is -0.495 e. The number of thiophene rings is 1. The Morgan fingerprint density at radius 3 is 2.71 bits per heavy atom. The van der Waals surface area contributed by atoms with Crippen LogP contribution in [0.4, 0.5) is 10.1 Å². The number of rotatable bonds is 3. The van der Waals surface area contributed by atoms with Crippen LogP contribution in [0.1, 0.15) is 9.67 Å². The zero-order valence-corrected chi connectivity index (χ0v) is 9.88. The first-order valence-corrected chi connectivity index (χ1v) is 5.72. The number of hydrogen-bond acceptors (Lipinski definition) is 3. The molecule has 0 aliphatic rings. The molecule has 1 aromatic carbocycles. The third kappa shape index (κ3) is 2.62. The summed E-state index contributed by atoms with van der Waals surface area (Å²) in [5.74, 6) is 0.223. The highest BCUT2D eigenvalue weighted by atomic mass is 32.1. The van der Waals surface area contributed by atoms with Crippen LogP contribution in [-0.2, 0) is 0 Å². The third-order valence-electron chi connectivity index (χ3n) is 2.15. The first-order chi connectivity index (χ1) is 8.20. The van der Waals surface area contributed by atoms with E-state index in [2.05, 4.69) is 5.32 Å². The number of carbonyl (C=O) groups excluding carboxylic acids is 1. The highest BCUT2D eigenvalue weighted by molar-refractivity contribution is 7.12. The minimum absolute atomic E-state index is 0.327. The average molecular weight is 251 g/mol. The first-order valence-electron chi connectivity index (χ1n) is 4.90. The van der Waals surface area contributed by atoms with Gasteiger partial charge in [0.1, 0.15) is 5.75 Å². The number of nitrogens with one attached hydrogen (secondary N) is 1. The predicted octanol–water partition coefficient (Wildman–Crippen LogP) is 3.15. The Hall–Kier alpha value is -1.88. The quantitative estimate of drug-likeness (QED) is 0.910. The lowest BCUT2D eigenvalue weighted by atomic mass is 10.3. The molecule has 5 heteroatoms. The number of amides is 1. The van der Waals surface area contributed by atoms with Crippen molar-refractivity contribution in [2.75, 3.05) is 12.4 Å². The smallest absolute Gasteiger partial charge is 0.265 e. The van der Waals surface area contributed by atoms with Gasteiger partial charge in [0.05, 0.1) is 17.7 Å². The summed E-state index contributed by atoms with van der Waals surface area (Å²) in [4.78, 5) is 12.1. The van der Waals surface area contributed by atoms with E-state index in [0.717, 1.165) is 11.3 Å². The van der Waals surface area contributed by atoms with E-state index in [1.165, 1.54) is 19.2 Å². The molecule has 1 N–H and O–H groups in total. The third-order valence-corrected chi connectivity index (χ3v) is 3.02. The fraction of sp³-hybridized carbons (Fsp3) is 0.0833. The van der Waals surface area contributed by atoms with Gasteiger partial charge in [-0.15, -0.1) is 11.3 Å². The second-order valence-corrected chi connectivity index (χ2v) is 4.29. The highest BCUT2D eigenvalue weighted by Crippen LogP contribution is 2.24. The molecule has 0 radical (unpaired) electrons. The normalized spacial score (nSPS) is 10.0. The number of carbonyl (C=O) groups is 1. The van der Waals surface area contributed by atoms with Crippen LogP contribution < -0.4 is 10.1 Å². The number of para-hydroxylation sites is 2. The first kappa shape index (κ1) is 11.6. The van der Waals surface area contributed by atoms with Gasteiger partial charge in [-0.2, -0.15) is 4.39 Å². The molecule has 0 aliphatic heterocycles. The Morgan fingerprint density at radius 2 is 2.06 bits per heavy atom. The summed E-state index contributed by atoms with van der Waals surface area (Å²) >= 11 is 0.809. The van der Waals surface area contributed by atoms with Gasteiger partial charge in [0, 0.05) is 0 Å². The van der Waals surface area contributed by atoms with Gasteiger partial charge in [0.2, 0.25) is 0 Å². The summed E-state index contributed by atoms with van der Waals surface area (Å²) in [6.07, 6.45) is 0. The van der Waals surface area contributed by atoms with Crippen LogP contribution in [-0.4, -0.2) is 13.0 Å².